The van der Waals surface area contributed by atoms with Gasteiger partial charge in [-0.15, -0.1) is 0 Å². The third-order valence-corrected chi connectivity index (χ3v) is 2.76. The van der Waals surface area contributed by atoms with Gasteiger partial charge in [-0.2, -0.15) is 4.98 Å². The van der Waals surface area contributed by atoms with E-state index >= 15 is 0 Å². The van der Waals surface area contributed by atoms with E-state index in [2.05, 4.69) is 11.6 Å². The van der Waals surface area contributed by atoms with Gasteiger partial charge in [0.25, 0.3) is 5.56 Å². The third-order valence-electron chi connectivity index (χ3n) is 2.53. The van der Waals surface area contributed by atoms with E-state index in [1.165, 1.54) is 4.40 Å². The highest BCUT2D eigenvalue weighted by atomic mass is 35.5. The molecule has 0 bridgehead atoms. The minimum atomic E-state index is -0.149. The number of pyridine rings is 1. The van der Waals surface area contributed by atoms with Crippen molar-refractivity contribution in [3.05, 3.63) is 51.9 Å². The summed E-state index contributed by atoms with van der Waals surface area (Å²) < 4.78 is 6.85. The average molecular weight is 265 g/mol. The van der Waals surface area contributed by atoms with Crippen LogP contribution in [0.1, 0.15) is 12.5 Å². The Balaban J connectivity index is 2.69. The van der Waals surface area contributed by atoms with Crippen molar-refractivity contribution in [3.63, 3.8) is 0 Å². The molecule has 0 amide bonds. The van der Waals surface area contributed by atoms with E-state index < -0.39 is 0 Å². The number of fused-ring (bicyclic) bond motifs is 1. The van der Waals surface area contributed by atoms with E-state index in [-0.39, 0.29) is 5.56 Å². The molecule has 0 radical (unpaired) electrons. The van der Waals surface area contributed by atoms with Crippen molar-refractivity contribution in [1.29, 1.82) is 0 Å². The molecule has 5 heteroatoms. The first-order valence-corrected chi connectivity index (χ1v) is 5.99. The Bertz CT molecular complexity index is 649. The first-order chi connectivity index (χ1) is 8.67. The quantitative estimate of drug-likeness (QED) is 0.797. The van der Waals surface area contributed by atoms with Crippen LogP contribution in [-0.4, -0.2) is 16.0 Å². The van der Waals surface area contributed by atoms with Gasteiger partial charge in [0, 0.05) is 6.20 Å². The predicted octanol–water partition coefficient (Wildman–Crippen LogP) is 2.48. The lowest BCUT2D eigenvalue weighted by Crippen LogP contribution is -2.21. The topological polar surface area (TPSA) is 43.6 Å². The molecule has 0 aromatic carbocycles. The zero-order valence-electron chi connectivity index (χ0n) is 10.0. The second-order valence-electron chi connectivity index (χ2n) is 3.73. The summed E-state index contributed by atoms with van der Waals surface area (Å²) >= 11 is 5.88. The van der Waals surface area contributed by atoms with E-state index in [9.17, 15) is 4.79 Å². The Labute approximate surface area is 109 Å². The molecule has 0 aliphatic carbocycles. The van der Waals surface area contributed by atoms with Crippen LogP contribution in [0.2, 0.25) is 5.02 Å². The summed E-state index contributed by atoms with van der Waals surface area (Å²) in [5, 5.41) is 0.494. The number of rotatable bonds is 4. The van der Waals surface area contributed by atoms with E-state index in [0.717, 1.165) is 0 Å². The van der Waals surface area contributed by atoms with Crippen molar-refractivity contribution >= 4 is 17.2 Å². The predicted molar refractivity (Wildman–Crippen MR) is 71.5 cm³/mol. The summed E-state index contributed by atoms with van der Waals surface area (Å²) in [6.45, 7) is 5.78. The molecule has 94 valence electrons. The zero-order valence-corrected chi connectivity index (χ0v) is 10.8. The zero-order chi connectivity index (χ0) is 13.1. The summed E-state index contributed by atoms with van der Waals surface area (Å²) in [6, 6.07) is 3.37. The molecule has 0 spiro atoms. The molecule has 0 unspecified atom stereocenters. The molecule has 2 aromatic heterocycles. The van der Waals surface area contributed by atoms with Crippen LogP contribution in [-0.2, 0) is 6.42 Å². The van der Waals surface area contributed by atoms with Crippen LogP contribution in [0.5, 0.6) is 5.88 Å². The van der Waals surface area contributed by atoms with Crippen molar-refractivity contribution in [2.24, 2.45) is 0 Å². The largest absolute Gasteiger partial charge is 0.473 e. The number of ether oxygens (including phenoxy) is 1. The van der Waals surface area contributed by atoms with Crippen molar-refractivity contribution in [3.8, 4) is 5.88 Å². The Hall–Kier alpha value is -1.81. The first kappa shape index (κ1) is 12.6. The van der Waals surface area contributed by atoms with Crippen LogP contribution in [0.3, 0.4) is 0 Å². The summed E-state index contributed by atoms with van der Waals surface area (Å²) in [4.78, 5) is 16.6. The first-order valence-electron chi connectivity index (χ1n) is 5.62. The molecular formula is C13H13ClN2O2. The average Bonchev–Trinajstić information content (AvgIpc) is 2.37. The second kappa shape index (κ2) is 5.23. The molecule has 2 rings (SSSR count). The summed E-state index contributed by atoms with van der Waals surface area (Å²) in [5.74, 6) is 0.365. The Morgan fingerprint density at radius 1 is 1.56 bits per heavy atom. The molecule has 0 fully saturated rings. The van der Waals surface area contributed by atoms with Crippen LogP contribution >= 0.6 is 11.6 Å². The maximum Gasteiger partial charge on any atom is 0.264 e. The molecule has 2 aromatic rings. The Morgan fingerprint density at radius 3 is 3.00 bits per heavy atom. The fraction of sp³-hybridized carbons (Fsp3) is 0.231. The molecule has 0 aliphatic rings. The van der Waals surface area contributed by atoms with Crippen LogP contribution in [0.4, 0.5) is 0 Å². The molecule has 2 heterocycles. The lowest BCUT2D eigenvalue weighted by Gasteiger charge is -2.09. The van der Waals surface area contributed by atoms with Crippen molar-refractivity contribution in [2.75, 3.05) is 6.61 Å². The fourth-order valence-corrected chi connectivity index (χ4v) is 1.85. The van der Waals surface area contributed by atoms with E-state index in [4.69, 9.17) is 16.3 Å². The van der Waals surface area contributed by atoms with Gasteiger partial charge in [-0.25, -0.2) is 0 Å². The van der Waals surface area contributed by atoms with Crippen LogP contribution < -0.4 is 10.3 Å². The molecule has 0 saturated carbocycles. The molecule has 18 heavy (non-hydrogen) atoms. The molecule has 0 aliphatic heterocycles. The van der Waals surface area contributed by atoms with E-state index in [0.29, 0.717) is 35.1 Å². The van der Waals surface area contributed by atoms with Gasteiger partial charge >= 0.3 is 0 Å². The number of hydrogen-bond acceptors (Lipinski definition) is 3. The van der Waals surface area contributed by atoms with Crippen LogP contribution in [0.15, 0.2) is 35.8 Å². The minimum absolute atomic E-state index is 0.149. The van der Waals surface area contributed by atoms with E-state index in [1.807, 2.05) is 6.92 Å². The number of nitrogens with zero attached hydrogens (tertiary/aromatic N) is 2. The summed E-state index contributed by atoms with van der Waals surface area (Å²) in [6.07, 6.45) is 3.72. The van der Waals surface area contributed by atoms with Gasteiger partial charge < -0.3 is 4.74 Å². The molecule has 0 saturated heterocycles. The van der Waals surface area contributed by atoms with Crippen LogP contribution in [0, 0.1) is 0 Å². The lowest BCUT2D eigenvalue weighted by atomic mass is 10.2. The highest BCUT2D eigenvalue weighted by Gasteiger charge is 2.12. The normalized spacial score (nSPS) is 10.6. The van der Waals surface area contributed by atoms with Gasteiger partial charge in [0.15, 0.2) is 0 Å². The van der Waals surface area contributed by atoms with Crippen LogP contribution in [0.25, 0.3) is 5.65 Å². The van der Waals surface area contributed by atoms with Gasteiger partial charge in [0.1, 0.15) is 12.3 Å². The van der Waals surface area contributed by atoms with Gasteiger partial charge in [-0.05, 0) is 18.6 Å². The SMILES string of the molecule is C=CCOc1nc2ccc(Cl)cn2c(=O)c1CC. The molecule has 0 N–H and O–H groups in total. The maximum absolute atomic E-state index is 12.3. The maximum atomic E-state index is 12.3. The van der Waals surface area contributed by atoms with Crippen molar-refractivity contribution in [1.82, 2.24) is 9.38 Å². The number of aromatic nitrogens is 2. The molecule has 4 nitrogen and oxygen atoms in total. The second-order valence-corrected chi connectivity index (χ2v) is 4.17. The Kier molecular flexibility index (Phi) is 3.67. The van der Waals surface area contributed by atoms with Crippen molar-refractivity contribution in [2.45, 2.75) is 13.3 Å². The fourth-order valence-electron chi connectivity index (χ4n) is 1.69. The highest BCUT2D eigenvalue weighted by molar-refractivity contribution is 6.30. The van der Waals surface area contributed by atoms with Gasteiger partial charge in [-0.3, -0.25) is 9.20 Å². The summed E-state index contributed by atoms with van der Waals surface area (Å²) in [5.41, 5.74) is 0.904. The highest BCUT2D eigenvalue weighted by Crippen LogP contribution is 2.15. The smallest absolute Gasteiger partial charge is 0.264 e. The third kappa shape index (κ3) is 2.24. The van der Waals surface area contributed by atoms with Gasteiger partial charge in [0.2, 0.25) is 5.88 Å². The van der Waals surface area contributed by atoms with E-state index in [1.54, 1.807) is 24.4 Å². The lowest BCUT2D eigenvalue weighted by molar-refractivity contribution is 0.344. The van der Waals surface area contributed by atoms with Gasteiger partial charge in [-0.1, -0.05) is 31.2 Å². The standard InChI is InChI=1S/C13H13ClN2O2/c1-3-7-18-12-10(4-2)13(17)16-8-9(14)5-6-11(16)15-12/h3,5-6,8H,1,4,7H2,2H3. The van der Waals surface area contributed by atoms with Gasteiger partial charge in [0.05, 0.1) is 10.6 Å². The number of hydrogen-bond donors (Lipinski definition) is 0. The Morgan fingerprint density at radius 2 is 2.33 bits per heavy atom. The summed E-state index contributed by atoms with van der Waals surface area (Å²) in [7, 11) is 0. The molecular weight excluding hydrogens is 252 g/mol. The number of halogens is 1. The van der Waals surface area contributed by atoms with Crippen molar-refractivity contribution < 1.29 is 4.74 Å². The minimum Gasteiger partial charge on any atom is -0.473 e. The molecule has 0 atom stereocenters. The monoisotopic (exact) mass is 264 g/mol.